The Bertz CT molecular complexity index is 594. The van der Waals surface area contributed by atoms with E-state index in [2.05, 4.69) is 10.2 Å². The average Bonchev–Trinajstić information content (AvgIpc) is 2.92. The van der Waals surface area contributed by atoms with Crippen molar-refractivity contribution in [2.45, 2.75) is 25.0 Å². The second-order valence-corrected chi connectivity index (χ2v) is 6.72. The number of nitrogens with one attached hydrogen (secondary N) is 1. The molecular weight excluding hydrogens is 296 g/mol. The molecule has 0 saturated carbocycles. The van der Waals surface area contributed by atoms with Gasteiger partial charge in [-0.15, -0.1) is 0 Å². The average molecular weight is 318 g/mol. The summed E-state index contributed by atoms with van der Waals surface area (Å²) in [6, 6.07) is 5.43. The predicted molar refractivity (Wildman–Crippen MR) is 83.9 cm³/mol. The van der Waals surface area contributed by atoms with Crippen molar-refractivity contribution in [3.05, 3.63) is 23.8 Å². The first-order chi connectivity index (χ1) is 11.2. The number of fused-ring (bicyclic) bond motifs is 3. The molecule has 3 aliphatic rings. The van der Waals surface area contributed by atoms with Crippen molar-refractivity contribution in [2.24, 2.45) is 5.92 Å². The lowest BCUT2D eigenvalue weighted by atomic mass is 9.96. The van der Waals surface area contributed by atoms with Gasteiger partial charge >= 0.3 is 0 Å². The number of piperidine rings is 1. The van der Waals surface area contributed by atoms with Crippen molar-refractivity contribution >= 4 is 5.91 Å². The number of carbonyl (C=O) groups is 1. The van der Waals surface area contributed by atoms with Crippen molar-refractivity contribution in [1.82, 2.24) is 10.2 Å². The number of nitrogens with zero attached hydrogens (tertiary/aromatic N) is 1. The molecule has 4 rings (SSSR count). The predicted octanol–water partition coefficient (Wildman–Crippen LogP) is 0.643. The zero-order valence-electron chi connectivity index (χ0n) is 13.0. The van der Waals surface area contributed by atoms with Crippen LogP contribution in [0.5, 0.6) is 11.5 Å². The Morgan fingerprint density at radius 3 is 3.09 bits per heavy atom. The highest BCUT2D eigenvalue weighted by molar-refractivity contribution is 5.95. The molecule has 0 spiro atoms. The minimum absolute atomic E-state index is 0.0619. The van der Waals surface area contributed by atoms with Gasteiger partial charge in [-0.2, -0.15) is 0 Å². The lowest BCUT2D eigenvalue weighted by Gasteiger charge is -2.30. The fourth-order valence-corrected chi connectivity index (χ4v) is 3.78. The Labute approximate surface area is 135 Å². The highest BCUT2D eigenvalue weighted by Crippen LogP contribution is 2.33. The molecule has 2 bridgehead atoms. The zero-order chi connectivity index (χ0) is 15.8. The van der Waals surface area contributed by atoms with E-state index in [0.717, 1.165) is 25.4 Å². The van der Waals surface area contributed by atoms with Gasteiger partial charge in [0.25, 0.3) is 5.91 Å². The van der Waals surface area contributed by atoms with Crippen LogP contribution in [0.4, 0.5) is 0 Å². The minimum atomic E-state index is -0.339. The van der Waals surface area contributed by atoms with Gasteiger partial charge < -0.3 is 24.8 Å². The van der Waals surface area contributed by atoms with Crippen molar-refractivity contribution < 1.29 is 19.4 Å². The molecule has 2 saturated heterocycles. The number of hydrogen-bond acceptors (Lipinski definition) is 5. The van der Waals surface area contributed by atoms with Gasteiger partial charge in [-0.05, 0) is 43.5 Å². The van der Waals surface area contributed by atoms with Crippen molar-refractivity contribution in [3.63, 3.8) is 0 Å². The third-order valence-corrected chi connectivity index (χ3v) is 4.93. The molecule has 6 heteroatoms. The van der Waals surface area contributed by atoms with Gasteiger partial charge in [0.1, 0.15) is 6.61 Å². The summed E-state index contributed by atoms with van der Waals surface area (Å²) in [5.74, 6) is 1.81. The standard InChI is InChI=1S/C17H22N2O4/c20-9-14-10-22-16-6-12(1-2-15(16)23-14)17(21)18-13-5-11-3-4-19(7-11)8-13/h1-2,6,11,13-14,20H,3-5,7-10H2,(H,18,21)/t11-,13-,14+/m1/s1. The molecule has 3 heterocycles. The van der Waals surface area contributed by atoms with Crippen LogP contribution >= 0.6 is 0 Å². The summed E-state index contributed by atoms with van der Waals surface area (Å²) in [6.07, 6.45) is 1.99. The second kappa shape index (κ2) is 6.02. The third kappa shape index (κ3) is 3.01. The third-order valence-electron chi connectivity index (χ3n) is 4.93. The fraction of sp³-hybridized carbons (Fsp3) is 0.588. The van der Waals surface area contributed by atoms with Crippen LogP contribution in [0.2, 0.25) is 0 Å². The molecule has 0 aromatic heterocycles. The van der Waals surface area contributed by atoms with Gasteiger partial charge in [0.15, 0.2) is 17.6 Å². The first kappa shape index (κ1) is 14.8. The molecule has 4 atom stereocenters. The zero-order valence-corrected chi connectivity index (χ0v) is 13.0. The van der Waals surface area contributed by atoms with E-state index in [1.54, 1.807) is 18.2 Å². The number of ether oxygens (including phenoxy) is 2. The van der Waals surface area contributed by atoms with Crippen LogP contribution in [0.1, 0.15) is 23.2 Å². The number of rotatable bonds is 3. The summed E-state index contributed by atoms with van der Waals surface area (Å²) in [5.41, 5.74) is 0.586. The Morgan fingerprint density at radius 2 is 2.26 bits per heavy atom. The topological polar surface area (TPSA) is 71.0 Å². The molecule has 6 nitrogen and oxygen atoms in total. The van der Waals surface area contributed by atoms with Gasteiger partial charge in [0, 0.05) is 24.7 Å². The van der Waals surface area contributed by atoms with Gasteiger partial charge in [-0.25, -0.2) is 0 Å². The summed E-state index contributed by atoms with van der Waals surface area (Å²) >= 11 is 0. The summed E-state index contributed by atoms with van der Waals surface area (Å²) in [6.45, 7) is 3.51. The van der Waals surface area contributed by atoms with Crippen molar-refractivity contribution in [2.75, 3.05) is 32.8 Å². The van der Waals surface area contributed by atoms with Crippen LogP contribution in [0.25, 0.3) is 0 Å². The molecule has 2 fully saturated rings. The van der Waals surface area contributed by atoms with E-state index in [-0.39, 0.29) is 24.7 Å². The smallest absolute Gasteiger partial charge is 0.251 e. The Morgan fingerprint density at radius 1 is 1.35 bits per heavy atom. The normalized spacial score (nSPS) is 31.7. The van der Waals surface area contributed by atoms with E-state index in [9.17, 15) is 4.79 Å². The Balaban J connectivity index is 1.43. The monoisotopic (exact) mass is 318 g/mol. The van der Waals surface area contributed by atoms with Crippen LogP contribution in [0.15, 0.2) is 18.2 Å². The summed E-state index contributed by atoms with van der Waals surface area (Å²) in [5, 5.41) is 12.3. The molecule has 2 N–H and O–H groups in total. The first-order valence-corrected chi connectivity index (χ1v) is 8.29. The molecular formula is C17H22N2O4. The molecule has 1 aromatic rings. The number of aliphatic hydroxyl groups excluding tert-OH is 1. The number of amides is 1. The molecule has 124 valence electrons. The summed E-state index contributed by atoms with van der Waals surface area (Å²) in [7, 11) is 0. The van der Waals surface area contributed by atoms with Crippen LogP contribution in [-0.4, -0.2) is 60.9 Å². The maximum absolute atomic E-state index is 12.5. The summed E-state index contributed by atoms with van der Waals surface area (Å²) in [4.78, 5) is 14.9. The number of hydrogen-bond donors (Lipinski definition) is 2. The van der Waals surface area contributed by atoms with E-state index in [1.807, 2.05) is 0 Å². The van der Waals surface area contributed by atoms with E-state index in [0.29, 0.717) is 23.7 Å². The van der Waals surface area contributed by atoms with Crippen LogP contribution in [0.3, 0.4) is 0 Å². The van der Waals surface area contributed by atoms with Crippen molar-refractivity contribution in [3.8, 4) is 11.5 Å². The Hall–Kier alpha value is -1.79. The second-order valence-electron chi connectivity index (χ2n) is 6.72. The van der Waals surface area contributed by atoms with Crippen LogP contribution in [-0.2, 0) is 0 Å². The SMILES string of the molecule is O=C(N[C@@H]1C[C@H]2CCN(C2)C1)c1ccc2c(c1)OC[C@H](CO)O2. The molecule has 0 aliphatic carbocycles. The fourth-order valence-electron chi connectivity index (χ4n) is 3.78. The number of benzene rings is 1. The highest BCUT2D eigenvalue weighted by atomic mass is 16.6. The van der Waals surface area contributed by atoms with Crippen LogP contribution < -0.4 is 14.8 Å². The van der Waals surface area contributed by atoms with E-state index in [4.69, 9.17) is 14.6 Å². The maximum Gasteiger partial charge on any atom is 0.251 e. The van der Waals surface area contributed by atoms with Gasteiger partial charge in [0.05, 0.1) is 6.61 Å². The Kier molecular flexibility index (Phi) is 3.87. The lowest BCUT2D eigenvalue weighted by Crippen LogP contribution is -2.47. The number of carbonyl (C=O) groups excluding carboxylic acids is 1. The minimum Gasteiger partial charge on any atom is -0.486 e. The molecule has 1 amide bonds. The van der Waals surface area contributed by atoms with Gasteiger partial charge in [0.2, 0.25) is 0 Å². The maximum atomic E-state index is 12.5. The first-order valence-electron chi connectivity index (χ1n) is 8.29. The van der Waals surface area contributed by atoms with E-state index >= 15 is 0 Å². The van der Waals surface area contributed by atoms with E-state index in [1.165, 1.54) is 13.0 Å². The molecule has 0 radical (unpaired) electrons. The largest absolute Gasteiger partial charge is 0.486 e. The summed E-state index contributed by atoms with van der Waals surface area (Å²) < 4.78 is 11.2. The quantitative estimate of drug-likeness (QED) is 0.856. The van der Waals surface area contributed by atoms with Gasteiger partial charge in [-0.1, -0.05) is 0 Å². The molecule has 1 unspecified atom stereocenters. The molecule has 23 heavy (non-hydrogen) atoms. The van der Waals surface area contributed by atoms with E-state index < -0.39 is 0 Å². The van der Waals surface area contributed by atoms with Gasteiger partial charge in [-0.3, -0.25) is 4.79 Å². The highest BCUT2D eigenvalue weighted by Gasteiger charge is 2.33. The van der Waals surface area contributed by atoms with Crippen LogP contribution in [0, 0.1) is 5.92 Å². The molecule has 3 aliphatic heterocycles. The molecule has 1 aromatic carbocycles. The van der Waals surface area contributed by atoms with Crippen molar-refractivity contribution in [1.29, 1.82) is 0 Å². The lowest BCUT2D eigenvalue weighted by molar-refractivity contribution is 0.0455. The number of aliphatic hydroxyl groups is 1.